The monoisotopic (exact) mass is 132 g/mol. The molecule has 0 saturated heterocycles. The molecule has 0 aliphatic heterocycles. The maximum atomic E-state index is 5.23. The van der Waals surface area contributed by atoms with Gasteiger partial charge in [-0.25, -0.2) is 0 Å². The first kappa shape index (κ1) is 8.92. The molecule has 0 spiro atoms. The van der Waals surface area contributed by atoms with Gasteiger partial charge in [0.1, 0.15) is 6.79 Å². The first-order valence-electron chi connectivity index (χ1n) is 3.29. The summed E-state index contributed by atoms with van der Waals surface area (Å²) in [6.07, 6.45) is 0.296. The Labute approximate surface area is 57.2 Å². The molecule has 0 aromatic carbocycles. The second-order valence-corrected chi connectivity index (χ2v) is 2.52. The fourth-order valence-electron chi connectivity index (χ4n) is 0.368. The van der Waals surface area contributed by atoms with Gasteiger partial charge in [-0.1, -0.05) is 13.8 Å². The summed E-state index contributed by atoms with van der Waals surface area (Å²) in [5.41, 5.74) is 0. The van der Waals surface area contributed by atoms with E-state index in [0.29, 0.717) is 18.8 Å². The van der Waals surface area contributed by atoms with E-state index in [1.807, 2.05) is 6.92 Å². The highest BCUT2D eigenvalue weighted by atomic mass is 16.7. The Morgan fingerprint density at radius 3 is 2.11 bits per heavy atom. The number of hydrogen-bond donors (Lipinski definition) is 0. The molecule has 0 fully saturated rings. The zero-order valence-electron chi connectivity index (χ0n) is 6.68. The lowest BCUT2D eigenvalue weighted by Crippen LogP contribution is -2.16. The van der Waals surface area contributed by atoms with Gasteiger partial charge in [0.2, 0.25) is 0 Å². The van der Waals surface area contributed by atoms with Crippen LogP contribution >= 0.6 is 0 Å². The summed E-state index contributed by atoms with van der Waals surface area (Å²) in [4.78, 5) is 0. The van der Waals surface area contributed by atoms with E-state index >= 15 is 0 Å². The molecular formula is C7H16O2. The average Bonchev–Trinajstić information content (AvgIpc) is 1.82. The Hall–Kier alpha value is -0.0800. The second kappa shape index (κ2) is 4.77. The fourth-order valence-corrected chi connectivity index (χ4v) is 0.368. The highest BCUT2D eigenvalue weighted by Gasteiger charge is 2.05. The SMILES string of the molecule is COCO[C@H](C)C(C)C. The summed E-state index contributed by atoms with van der Waals surface area (Å²) in [6.45, 7) is 6.70. The van der Waals surface area contributed by atoms with Crippen molar-refractivity contribution in [2.75, 3.05) is 13.9 Å². The normalized spacial score (nSPS) is 14.3. The second-order valence-electron chi connectivity index (χ2n) is 2.52. The first-order valence-corrected chi connectivity index (χ1v) is 3.29. The highest BCUT2D eigenvalue weighted by Crippen LogP contribution is 2.03. The first-order chi connectivity index (χ1) is 4.18. The van der Waals surface area contributed by atoms with Gasteiger partial charge in [0, 0.05) is 7.11 Å². The van der Waals surface area contributed by atoms with Gasteiger partial charge < -0.3 is 9.47 Å². The molecule has 0 bridgehead atoms. The van der Waals surface area contributed by atoms with Gasteiger partial charge in [-0.3, -0.25) is 0 Å². The summed E-state index contributed by atoms with van der Waals surface area (Å²) in [7, 11) is 1.63. The molecule has 2 nitrogen and oxygen atoms in total. The third-order valence-electron chi connectivity index (χ3n) is 1.39. The van der Waals surface area contributed by atoms with Gasteiger partial charge in [-0.15, -0.1) is 0 Å². The third-order valence-corrected chi connectivity index (χ3v) is 1.39. The van der Waals surface area contributed by atoms with Gasteiger partial charge in [-0.2, -0.15) is 0 Å². The largest absolute Gasteiger partial charge is 0.359 e. The van der Waals surface area contributed by atoms with Crippen molar-refractivity contribution in [2.24, 2.45) is 5.92 Å². The molecule has 0 N–H and O–H groups in total. The Balaban J connectivity index is 3.16. The standard InChI is InChI=1S/C7H16O2/c1-6(2)7(3)9-5-8-4/h6-7H,5H2,1-4H3/t7-/m1/s1. The number of ether oxygens (including phenoxy) is 2. The lowest BCUT2D eigenvalue weighted by Gasteiger charge is -2.14. The van der Waals surface area contributed by atoms with Crippen LogP contribution in [-0.4, -0.2) is 20.0 Å². The van der Waals surface area contributed by atoms with Crippen molar-refractivity contribution in [2.45, 2.75) is 26.9 Å². The van der Waals surface area contributed by atoms with Crippen molar-refractivity contribution in [3.8, 4) is 0 Å². The van der Waals surface area contributed by atoms with Crippen LogP contribution in [0, 0.1) is 5.92 Å². The van der Waals surface area contributed by atoms with Crippen LogP contribution in [0.4, 0.5) is 0 Å². The van der Waals surface area contributed by atoms with Crippen LogP contribution in [0.1, 0.15) is 20.8 Å². The summed E-state index contributed by atoms with van der Waals surface area (Å²) in [5, 5.41) is 0. The van der Waals surface area contributed by atoms with Crippen molar-refractivity contribution in [3.05, 3.63) is 0 Å². The van der Waals surface area contributed by atoms with Crippen LogP contribution in [-0.2, 0) is 9.47 Å². The lowest BCUT2D eigenvalue weighted by atomic mass is 10.1. The molecule has 0 heterocycles. The average molecular weight is 132 g/mol. The molecule has 0 aromatic heterocycles. The minimum absolute atomic E-state index is 0.296. The molecule has 0 saturated carbocycles. The summed E-state index contributed by atoms with van der Waals surface area (Å²) < 4.78 is 9.97. The van der Waals surface area contributed by atoms with Gasteiger partial charge in [0.25, 0.3) is 0 Å². The Kier molecular flexibility index (Phi) is 4.72. The molecule has 9 heavy (non-hydrogen) atoms. The van der Waals surface area contributed by atoms with Crippen molar-refractivity contribution >= 4 is 0 Å². The fraction of sp³-hybridized carbons (Fsp3) is 1.00. The van der Waals surface area contributed by atoms with Crippen molar-refractivity contribution < 1.29 is 9.47 Å². The minimum Gasteiger partial charge on any atom is -0.359 e. The van der Waals surface area contributed by atoms with Crippen LogP contribution < -0.4 is 0 Å². The molecule has 0 aliphatic carbocycles. The maximum absolute atomic E-state index is 5.23. The van der Waals surface area contributed by atoms with E-state index in [1.165, 1.54) is 0 Å². The Bertz CT molecular complexity index is 61.9. The molecule has 0 unspecified atom stereocenters. The van der Waals surface area contributed by atoms with Crippen LogP contribution in [0.3, 0.4) is 0 Å². The summed E-state index contributed by atoms with van der Waals surface area (Å²) in [6, 6.07) is 0. The van der Waals surface area contributed by atoms with E-state index in [2.05, 4.69) is 13.8 Å². The molecule has 0 aromatic rings. The van der Waals surface area contributed by atoms with E-state index < -0.39 is 0 Å². The van der Waals surface area contributed by atoms with Gasteiger partial charge >= 0.3 is 0 Å². The molecule has 0 amide bonds. The zero-order valence-corrected chi connectivity index (χ0v) is 6.68. The Morgan fingerprint density at radius 2 is 1.78 bits per heavy atom. The predicted octanol–water partition coefficient (Wildman–Crippen LogP) is 1.65. The van der Waals surface area contributed by atoms with Crippen molar-refractivity contribution in [3.63, 3.8) is 0 Å². The van der Waals surface area contributed by atoms with Crippen LogP contribution in [0.15, 0.2) is 0 Å². The molecule has 1 atom stereocenters. The van der Waals surface area contributed by atoms with Crippen LogP contribution in [0.5, 0.6) is 0 Å². The molecule has 0 aliphatic rings. The highest BCUT2D eigenvalue weighted by molar-refractivity contribution is 4.52. The van der Waals surface area contributed by atoms with Gasteiger partial charge in [0.05, 0.1) is 6.10 Å². The summed E-state index contributed by atoms with van der Waals surface area (Å²) in [5.74, 6) is 0.570. The van der Waals surface area contributed by atoms with Crippen molar-refractivity contribution in [1.82, 2.24) is 0 Å². The predicted molar refractivity (Wildman–Crippen MR) is 37.3 cm³/mol. The van der Waals surface area contributed by atoms with Crippen molar-refractivity contribution in [1.29, 1.82) is 0 Å². The van der Waals surface area contributed by atoms with E-state index in [9.17, 15) is 0 Å². The van der Waals surface area contributed by atoms with E-state index in [1.54, 1.807) is 7.11 Å². The topological polar surface area (TPSA) is 18.5 Å². The maximum Gasteiger partial charge on any atom is 0.146 e. The molecule has 56 valence electrons. The summed E-state index contributed by atoms with van der Waals surface area (Å²) >= 11 is 0. The lowest BCUT2D eigenvalue weighted by molar-refractivity contribution is -0.0792. The molecule has 0 radical (unpaired) electrons. The molecule has 2 heteroatoms. The molecular weight excluding hydrogens is 116 g/mol. The van der Waals surface area contributed by atoms with Crippen LogP contribution in [0.25, 0.3) is 0 Å². The number of methoxy groups -OCH3 is 1. The zero-order chi connectivity index (χ0) is 7.28. The van der Waals surface area contributed by atoms with E-state index in [-0.39, 0.29) is 0 Å². The molecule has 0 rings (SSSR count). The quantitative estimate of drug-likeness (QED) is 0.541. The van der Waals surface area contributed by atoms with Gasteiger partial charge in [-0.05, 0) is 12.8 Å². The number of rotatable bonds is 4. The number of hydrogen-bond acceptors (Lipinski definition) is 2. The third kappa shape index (κ3) is 4.43. The Morgan fingerprint density at radius 1 is 1.22 bits per heavy atom. The van der Waals surface area contributed by atoms with Gasteiger partial charge in [0.15, 0.2) is 0 Å². The van der Waals surface area contributed by atoms with Crippen LogP contribution in [0.2, 0.25) is 0 Å². The smallest absolute Gasteiger partial charge is 0.146 e. The minimum atomic E-state index is 0.296. The van der Waals surface area contributed by atoms with E-state index in [0.717, 1.165) is 0 Å². The van der Waals surface area contributed by atoms with E-state index in [4.69, 9.17) is 9.47 Å².